The quantitative estimate of drug-likeness (QED) is 0.237. The summed E-state index contributed by atoms with van der Waals surface area (Å²) < 4.78 is 5.34. The van der Waals surface area contributed by atoms with Crippen LogP contribution < -0.4 is 16.0 Å². The van der Waals surface area contributed by atoms with Crippen LogP contribution >= 0.6 is 24.0 Å². The fourth-order valence-electron chi connectivity index (χ4n) is 3.22. The minimum absolute atomic E-state index is 0. The first kappa shape index (κ1) is 29.2. The Bertz CT molecular complexity index is 504. The zero-order chi connectivity index (χ0) is 21.9. The molecule has 0 radical (unpaired) electrons. The first-order chi connectivity index (χ1) is 13.6. The number of ether oxygens (including phenoxy) is 1. The number of carbonyl (C=O) groups excluding carboxylic acids is 1. The molecule has 1 aliphatic heterocycles. The van der Waals surface area contributed by atoms with Crippen LogP contribution in [0.15, 0.2) is 4.99 Å². The van der Waals surface area contributed by atoms with Crippen molar-refractivity contribution in [2.75, 3.05) is 53.4 Å². The molecule has 0 spiro atoms. The van der Waals surface area contributed by atoms with Gasteiger partial charge in [-0.3, -0.25) is 9.89 Å². The van der Waals surface area contributed by atoms with Gasteiger partial charge in [0, 0.05) is 58.4 Å². The van der Waals surface area contributed by atoms with Crippen LogP contribution in [0.5, 0.6) is 0 Å². The topological polar surface area (TPSA) is 81.2 Å². The monoisotopic (exact) mass is 540 g/mol. The summed E-state index contributed by atoms with van der Waals surface area (Å²) in [5, 5.41) is 9.79. The van der Waals surface area contributed by atoms with Crippen molar-refractivity contribution in [3.05, 3.63) is 0 Å². The average molecular weight is 541 g/mol. The van der Waals surface area contributed by atoms with E-state index in [0.29, 0.717) is 12.6 Å². The van der Waals surface area contributed by atoms with Crippen molar-refractivity contribution in [1.82, 2.24) is 25.8 Å². The number of guanidine groups is 1. The zero-order valence-corrected chi connectivity index (χ0v) is 22.4. The summed E-state index contributed by atoms with van der Waals surface area (Å²) in [5.41, 5.74) is -0.493. The number of amides is 1. The van der Waals surface area contributed by atoms with Gasteiger partial charge in [0.2, 0.25) is 0 Å². The number of rotatable bonds is 9. The molecule has 0 aromatic heterocycles. The smallest absolute Gasteiger partial charge is 0.407 e. The van der Waals surface area contributed by atoms with E-state index in [1.807, 2.05) is 20.8 Å². The summed E-state index contributed by atoms with van der Waals surface area (Å²) in [7, 11) is 3.96. The van der Waals surface area contributed by atoms with Crippen molar-refractivity contribution in [2.45, 2.75) is 71.6 Å². The lowest BCUT2D eigenvalue weighted by molar-refractivity contribution is 0.0523. The van der Waals surface area contributed by atoms with E-state index in [-0.39, 0.29) is 36.1 Å². The average Bonchev–Trinajstić information content (AvgIpc) is 2.65. The first-order valence-corrected chi connectivity index (χ1v) is 11.0. The molecule has 3 N–H and O–H groups in total. The third-order valence-corrected chi connectivity index (χ3v) is 5.09. The van der Waals surface area contributed by atoms with Gasteiger partial charge in [-0.1, -0.05) is 19.8 Å². The van der Waals surface area contributed by atoms with Gasteiger partial charge in [-0.25, -0.2) is 4.79 Å². The highest BCUT2D eigenvalue weighted by molar-refractivity contribution is 14.0. The molecule has 30 heavy (non-hydrogen) atoms. The highest BCUT2D eigenvalue weighted by Crippen LogP contribution is 2.07. The molecule has 1 rings (SSSR count). The third kappa shape index (κ3) is 12.8. The van der Waals surface area contributed by atoms with E-state index in [1.165, 1.54) is 0 Å². The maximum atomic E-state index is 12.0. The number of likely N-dealkylation sites (N-methyl/N-ethyl adjacent to an activating group) is 1. The maximum Gasteiger partial charge on any atom is 0.407 e. The van der Waals surface area contributed by atoms with Crippen molar-refractivity contribution in [3.63, 3.8) is 0 Å². The minimum atomic E-state index is -0.493. The van der Waals surface area contributed by atoms with Crippen LogP contribution in [-0.4, -0.2) is 92.9 Å². The molecule has 9 heteroatoms. The minimum Gasteiger partial charge on any atom is -0.444 e. The summed E-state index contributed by atoms with van der Waals surface area (Å²) in [4.78, 5) is 21.2. The van der Waals surface area contributed by atoms with E-state index in [2.05, 4.69) is 51.6 Å². The number of hydrogen-bond acceptors (Lipinski definition) is 5. The fourth-order valence-corrected chi connectivity index (χ4v) is 3.22. The van der Waals surface area contributed by atoms with E-state index in [0.717, 1.165) is 57.9 Å². The number of piperazine rings is 1. The molecule has 1 amide bonds. The van der Waals surface area contributed by atoms with Gasteiger partial charge in [0.25, 0.3) is 0 Å². The largest absolute Gasteiger partial charge is 0.444 e. The number of nitrogens with zero attached hydrogens (tertiary/aromatic N) is 3. The summed E-state index contributed by atoms with van der Waals surface area (Å²) in [6, 6.07) is 0.545. The van der Waals surface area contributed by atoms with Crippen LogP contribution in [0.3, 0.4) is 0 Å². The molecule has 2 unspecified atom stereocenters. The summed E-state index contributed by atoms with van der Waals surface area (Å²) in [5.74, 6) is 0.776. The second-order valence-corrected chi connectivity index (χ2v) is 9.01. The van der Waals surface area contributed by atoms with Crippen molar-refractivity contribution >= 4 is 36.0 Å². The van der Waals surface area contributed by atoms with Gasteiger partial charge in [0.05, 0.1) is 0 Å². The number of unbranched alkanes of at least 4 members (excludes halogenated alkanes) is 1. The molecule has 1 heterocycles. The molecule has 0 aromatic rings. The molecule has 0 aromatic carbocycles. The first-order valence-electron chi connectivity index (χ1n) is 11.0. The number of halogens is 1. The standard InChI is InChI=1S/C21H44N6O2.HI/c1-8-9-10-18(16-24-20(28)29-21(3,4)5)25-19(22-6)23-15-17(2)27-13-11-26(7)12-14-27;/h17-18H,8-16H2,1-7H3,(H,24,28)(H2,22,23,25);1H. The molecular formula is C21H45IN6O2. The Morgan fingerprint density at radius 1 is 1.13 bits per heavy atom. The number of alkyl carbamates (subject to hydrolysis) is 1. The van der Waals surface area contributed by atoms with Crippen LogP contribution in [-0.2, 0) is 4.74 Å². The predicted octanol–water partition coefficient (Wildman–Crippen LogP) is 2.49. The number of nitrogens with one attached hydrogen (secondary N) is 3. The van der Waals surface area contributed by atoms with E-state index < -0.39 is 5.60 Å². The lowest BCUT2D eigenvalue weighted by atomic mass is 10.1. The Morgan fingerprint density at radius 2 is 1.77 bits per heavy atom. The molecule has 1 fully saturated rings. The van der Waals surface area contributed by atoms with Crippen LogP contribution in [0.4, 0.5) is 4.79 Å². The normalized spacial score (nSPS) is 18.2. The number of hydrogen-bond donors (Lipinski definition) is 3. The Balaban J connectivity index is 0.00000841. The summed E-state index contributed by atoms with van der Waals surface area (Å²) in [6.07, 6.45) is 2.77. The lowest BCUT2D eigenvalue weighted by Crippen LogP contribution is -2.54. The van der Waals surface area contributed by atoms with Gasteiger partial charge in [-0.05, 0) is 41.2 Å². The van der Waals surface area contributed by atoms with Gasteiger partial charge >= 0.3 is 6.09 Å². The predicted molar refractivity (Wildman–Crippen MR) is 136 cm³/mol. The number of aliphatic imine (C=N–C) groups is 1. The van der Waals surface area contributed by atoms with Crippen LogP contribution in [0.25, 0.3) is 0 Å². The van der Waals surface area contributed by atoms with E-state index in [9.17, 15) is 4.79 Å². The van der Waals surface area contributed by atoms with Crippen molar-refractivity contribution in [1.29, 1.82) is 0 Å². The summed E-state index contributed by atoms with van der Waals surface area (Å²) >= 11 is 0. The van der Waals surface area contributed by atoms with Crippen molar-refractivity contribution < 1.29 is 9.53 Å². The van der Waals surface area contributed by atoms with Crippen LogP contribution in [0.2, 0.25) is 0 Å². The maximum absolute atomic E-state index is 12.0. The van der Waals surface area contributed by atoms with Crippen molar-refractivity contribution in [2.24, 2.45) is 4.99 Å². The third-order valence-electron chi connectivity index (χ3n) is 5.09. The highest BCUT2D eigenvalue weighted by Gasteiger charge is 2.20. The number of carbonyl (C=O) groups is 1. The molecule has 0 bridgehead atoms. The van der Waals surface area contributed by atoms with Crippen LogP contribution in [0, 0.1) is 0 Å². The van der Waals surface area contributed by atoms with E-state index in [4.69, 9.17) is 4.74 Å². The molecule has 178 valence electrons. The molecule has 2 atom stereocenters. The van der Waals surface area contributed by atoms with Gasteiger partial charge in [0.15, 0.2) is 5.96 Å². The van der Waals surface area contributed by atoms with Gasteiger partial charge in [-0.2, -0.15) is 0 Å². The molecule has 1 aliphatic rings. The zero-order valence-electron chi connectivity index (χ0n) is 20.1. The SMILES string of the molecule is CCCCC(CNC(=O)OC(C)(C)C)NC(=NC)NCC(C)N1CCN(C)CC1.I. The molecule has 8 nitrogen and oxygen atoms in total. The summed E-state index contributed by atoms with van der Waals surface area (Å²) in [6.45, 7) is 15.8. The molecule has 0 aliphatic carbocycles. The Kier molecular flexibility index (Phi) is 14.7. The molecule has 1 saturated heterocycles. The van der Waals surface area contributed by atoms with E-state index >= 15 is 0 Å². The Hall–Kier alpha value is -0.810. The fraction of sp³-hybridized carbons (Fsp3) is 0.905. The van der Waals surface area contributed by atoms with Gasteiger partial charge in [0.1, 0.15) is 5.60 Å². The van der Waals surface area contributed by atoms with Gasteiger partial charge in [-0.15, -0.1) is 24.0 Å². The highest BCUT2D eigenvalue weighted by atomic mass is 127. The van der Waals surface area contributed by atoms with Gasteiger partial charge < -0.3 is 25.6 Å². The Labute approximate surface area is 201 Å². The van der Waals surface area contributed by atoms with Crippen molar-refractivity contribution in [3.8, 4) is 0 Å². The molecular weight excluding hydrogens is 495 g/mol. The van der Waals surface area contributed by atoms with Crippen LogP contribution in [0.1, 0.15) is 53.9 Å². The second-order valence-electron chi connectivity index (χ2n) is 9.01. The van der Waals surface area contributed by atoms with E-state index in [1.54, 1.807) is 7.05 Å². The lowest BCUT2D eigenvalue weighted by Gasteiger charge is -2.36. The molecule has 0 saturated carbocycles. The Morgan fingerprint density at radius 3 is 2.30 bits per heavy atom. The second kappa shape index (κ2) is 15.1.